The van der Waals surface area contributed by atoms with Crippen molar-refractivity contribution in [3.63, 3.8) is 0 Å². The molecular formula is C27H30FN3O3. The molecule has 3 aromatic rings. The van der Waals surface area contributed by atoms with Gasteiger partial charge in [0.1, 0.15) is 0 Å². The number of likely N-dealkylation sites (tertiary alicyclic amines) is 1. The number of rotatable bonds is 8. The smallest absolute Gasteiger partial charge is 0.251 e. The standard InChI is InChI=1S/C27H30FN3O3/c1-34-25-9-6-19(16-24(25)28)18-31-14-11-23(12-15-31)30-26(32)10-13-29-27(33)22-8-7-20-4-2-3-5-21(20)17-22/h2-9,16-17,23H,10-15,18H2,1H3,(H,29,33)(H,30,32). The van der Waals surface area contributed by atoms with Gasteiger partial charge in [0.2, 0.25) is 5.91 Å². The van der Waals surface area contributed by atoms with E-state index >= 15 is 0 Å². The van der Waals surface area contributed by atoms with Crippen molar-refractivity contribution in [1.29, 1.82) is 0 Å². The fourth-order valence-electron chi connectivity index (χ4n) is 4.32. The minimum absolute atomic E-state index is 0.0607. The number of methoxy groups -OCH3 is 1. The number of hydrogen-bond acceptors (Lipinski definition) is 4. The van der Waals surface area contributed by atoms with Crippen LogP contribution in [0.4, 0.5) is 4.39 Å². The number of nitrogens with zero attached hydrogens (tertiary/aromatic N) is 1. The Balaban J connectivity index is 1.16. The van der Waals surface area contributed by atoms with Gasteiger partial charge in [0.05, 0.1) is 7.11 Å². The van der Waals surface area contributed by atoms with Crippen LogP contribution < -0.4 is 15.4 Å². The number of fused-ring (bicyclic) bond motifs is 1. The summed E-state index contributed by atoms with van der Waals surface area (Å²) in [5.41, 5.74) is 1.49. The fraction of sp³-hybridized carbons (Fsp3) is 0.333. The highest BCUT2D eigenvalue weighted by Gasteiger charge is 2.21. The van der Waals surface area contributed by atoms with Gasteiger partial charge in [-0.1, -0.05) is 36.4 Å². The van der Waals surface area contributed by atoms with Gasteiger partial charge in [0.15, 0.2) is 11.6 Å². The molecule has 2 amide bonds. The number of halogens is 1. The van der Waals surface area contributed by atoms with Gasteiger partial charge in [-0.15, -0.1) is 0 Å². The van der Waals surface area contributed by atoms with E-state index in [0.29, 0.717) is 18.7 Å². The molecule has 1 aliphatic rings. The van der Waals surface area contributed by atoms with Crippen molar-refractivity contribution in [1.82, 2.24) is 15.5 Å². The van der Waals surface area contributed by atoms with Crippen LogP contribution in [0.5, 0.6) is 5.75 Å². The largest absolute Gasteiger partial charge is 0.494 e. The molecule has 0 radical (unpaired) electrons. The molecule has 0 aliphatic carbocycles. The molecule has 0 unspecified atom stereocenters. The molecule has 2 N–H and O–H groups in total. The van der Waals surface area contributed by atoms with E-state index in [1.165, 1.54) is 13.2 Å². The molecule has 7 heteroatoms. The molecule has 3 aromatic carbocycles. The fourth-order valence-corrected chi connectivity index (χ4v) is 4.32. The average Bonchev–Trinajstić information content (AvgIpc) is 2.85. The van der Waals surface area contributed by atoms with E-state index in [2.05, 4.69) is 15.5 Å². The van der Waals surface area contributed by atoms with Gasteiger partial charge in [-0.2, -0.15) is 0 Å². The van der Waals surface area contributed by atoms with Gasteiger partial charge in [-0.05, 0) is 53.4 Å². The van der Waals surface area contributed by atoms with Crippen molar-refractivity contribution in [3.8, 4) is 5.75 Å². The van der Waals surface area contributed by atoms with Crippen LogP contribution >= 0.6 is 0 Å². The molecule has 0 atom stereocenters. The summed E-state index contributed by atoms with van der Waals surface area (Å²) in [4.78, 5) is 27.0. The zero-order valence-electron chi connectivity index (χ0n) is 19.4. The Morgan fingerprint density at radius 3 is 2.53 bits per heavy atom. The lowest BCUT2D eigenvalue weighted by Gasteiger charge is -2.32. The highest BCUT2D eigenvalue weighted by atomic mass is 19.1. The normalized spacial score (nSPS) is 14.6. The molecule has 1 saturated heterocycles. The highest BCUT2D eigenvalue weighted by Crippen LogP contribution is 2.20. The molecule has 4 rings (SSSR count). The molecule has 1 heterocycles. The van der Waals surface area contributed by atoms with Crippen molar-refractivity contribution in [2.24, 2.45) is 0 Å². The van der Waals surface area contributed by atoms with Gasteiger partial charge in [-0.25, -0.2) is 4.39 Å². The van der Waals surface area contributed by atoms with E-state index in [-0.39, 0.29) is 35.8 Å². The van der Waals surface area contributed by atoms with Crippen LogP contribution in [0.25, 0.3) is 10.8 Å². The zero-order valence-corrected chi connectivity index (χ0v) is 19.4. The first kappa shape index (κ1) is 23.7. The molecule has 6 nitrogen and oxygen atoms in total. The molecule has 0 aromatic heterocycles. The van der Waals surface area contributed by atoms with Crippen LogP contribution in [0.15, 0.2) is 60.7 Å². The summed E-state index contributed by atoms with van der Waals surface area (Å²) in [5.74, 6) is -0.343. The van der Waals surface area contributed by atoms with Crippen molar-refractivity contribution in [2.75, 3.05) is 26.7 Å². The minimum atomic E-state index is -0.352. The van der Waals surface area contributed by atoms with Crippen LogP contribution in [0.2, 0.25) is 0 Å². The quantitative estimate of drug-likeness (QED) is 0.532. The highest BCUT2D eigenvalue weighted by molar-refractivity contribution is 5.98. The van der Waals surface area contributed by atoms with E-state index in [1.54, 1.807) is 12.1 Å². The summed E-state index contributed by atoms with van der Waals surface area (Å²) >= 11 is 0. The Morgan fingerprint density at radius 2 is 1.79 bits per heavy atom. The maximum Gasteiger partial charge on any atom is 0.251 e. The van der Waals surface area contributed by atoms with Gasteiger partial charge >= 0.3 is 0 Å². The van der Waals surface area contributed by atoms with E-state index < -0.39 is 0 Å². The summed E-state index contributed by atoms with van der Waals surface area (Å²) < 4.78 is 18.9. The average molecular weight is 464 g/mol. The van der Waals surface area contributed by atoms with E-state index in [9.17, 15) is 14.0 Å². The van der Waals surface area contributed by atoms with Crippen LogP contribution in [0.1, 0.15) is 35.2 Å². The number of hydrogen-bond donors (Lipinski definition) is 2. The predicted octanol–water partition coefficient (Wildman–Crippen LogP) is 3.89. The van der Waals surface area contributed by atoms with Crippen LogP contribution in [-0.4, -0.2) is 49.5 Å². The lowest BCUT2D eigenvalue weighted by molar-refractivity contribution is -0.122. The number of carbonyl (C=O) groups is 2. The summed E-state index contributed by atoms with van der Waals surface area (Å²) in [6.07, 6.45) is 1.92. The topological polar surface area (TPSA) is 70.7 Å². The lowest BCUT2D eigenvalue weighted by atomic mass is 10.0. The van der Waals surface area contributed by atoms with E-state index in [1.807, 2.05) is 42.5 Å². The lowest BCUT2D eigenvalue weighted by Crippen LogP contribution is -2.45. The van der Waals surface area contributed by atoms with Crippen molar-refractivity contribution < 1.29 is 18.7 Å². The molecular weight excluding hydrogens is 433 g/mol. The first-order chi connectivity index (χ1) is 16.5. The van der Waals surface area contributed by atoms with Gasteiger partial charge in [0, 0.05) is 44.2 Å². The minimum Gasteiger partial charge on any atom is -0.494 e. The Hall–Kier alpha value is -3.45. The number of ether oxygens (including phenoxy) is 1. The van der Waals surface area contributed by atoms with E-state index in [0.717, 1.165) is 42.3 Å². The van der Waals surface area contributed by atoms with Gasteiger partial charge in [-0.3, -0.25) is 14.5 Å². The van der Waals surface area contributed by atoms with Crippen LogP contribution in [-0.2, 0) is 11.3 Å². The second-order valence-electron chi connectivity index (χ2n) is 8.65. The van der Waals surface area contributed by atoms with Crippen LogP contribution in [0.3, 0.4) is 0 Å². The van der Waals surface area contributed by atoms with Gasteiger partial charge < -0.3 is 15.4 Å². The first-order valence-corrected chi connectivity index (χ1v) is 11.6. The second-order valence-corrected chi connectivity index (χ2v) is 8.65. The molecule has 0 spiro atoms. The third-order valence-electron chi connectivity index (χ3n) is 6.22. The number of amides is 2. The van der Waals surface area contributed by atoms with E-state index in [4.69, 9.17) is 4.74 Å². The predicted molar refractivity (Wildman–Crippen MR) is 130 cm³/mol. The van der Waals surface area contributed by atoms with Crippen molar-refractivity contribution in [2.45, 2.75) is 31.8 Å². The number of piperidine rings is 1. The van der Waals surface area contributed by atoms with Crippen LogP contribution in [0, 0.1) is 5.82 Å². The van der Waals surface area contributed by atoms with Gasteiger partial charge in [0.25, 0.3) is 5.91 Å². The number of benzene rings is 3. The van der Waals surface area contributed by atoms with Crippen molar-refractivity contribution in [3.05, 3.63) is 77.6 Å². The second kappa shape index (κ2) is 11.1. The molecule has 34 heavy (non-hydrogen) atoms. The summed E-state index contributed by atoms with van der Waals surface area (Å²) in [5, 5.41) is 8.00. The Morgan fingerprint density at radius 1 is 1.03 bits per heavy atom. The molecule has 1 aliphatic heterocycles. The monoisotopic (exact) mass is 463 g/mol. The van der Waals surface area contributed by atoms with Crippen molar-refractivity contribution >= 4 is 22.6 Å². The zero-order chi connectivity index (χ0) is 23.9. The maximum atomic E-state index is 13.9. The maximum absolute atomic E-state index is 13.9. The third kappa shape index (κ3) is 6.11. The number of carbonyl (C=O) groups excluding carboxylic acids is 2. The summed E-state index contributed by atoms with van der Waals surface area (Å²) in [6.45, 7) is 2.62. The summed E-state index contributed by atoms with van der Waals surface area (Å²) in [7, 11) is 1.45. The first-order valence-electron chi connectivity index (χ1n) is 11.6. The Bertz CT molecular complexity index is 1160. The summed E-state index contributed by atoms with van der Waals surface area (Å²) in [6, 6.07) is 18.6. The third-order valence-corrected chi connectivity index (χ3v) is 6.22. The number of nitrogens with one attached hydrogen (secondary N) is 2. The molecule has 1 fully saturated rings. The Labute approximate surface area is 199 Å². The molecule has 178 valence electrons. The SMILES string of the molecule is COc1ccc(CN2CCC(NC(=O)CCNC(=O)c3ccc4ccccc4c3)CC2)cc1F. The molecule has 0 saturated carbocycles. The molecule has 0 bridgehead atoms. The Kier molecular flexibility index (Phi) is 7.75.